The molecular formula is C8H12F3NO. The third-order valence-corrected chi connectivity index (χ3v) is 1.07. The summed E-state index contributed by atoms with van der Waals surface area (Å²) in [5.74, 6) is -0.343. The van der Waals surface area contributed by atoms with Crippen LogP contribution in [0.4, 0.5) is 13.2 Å². The van der Waals surface area contributed by atoms with Gasteiger partial charge in [-0.3, -0.25) is 4.79 Å². The molecular weight excluding hydrogens is 183 g/mol. The molecule has 0 saturated carbocycles. The predicted octanol–water partition coefficient (Wildman–Crippen LogP) is 1.67. The summed E-state index contributed by atoms with van der Waals surface area (Å²) in [6, 6.07) is 0. The van der Waals surface area contributed by atoms with Crippen molar-refractivity contribution in [3.05, 3.63) is 11.6 Å². The van der Waals surface area contributed by atoms with Crippen molar-refractivity contribution in [3.8, 4) is 0 Å². The first kappa shape index (κ1) is 12.2. The molecule has 0 fully saturated rings. The number of nitrogens with one attached hydrogen (secondary N) is 1. The molecule has 5 heteroatoms. The summed E-state index contributed by atoms with van der Waals surface area (Å²) >= 11 is 0. The Morgan fingerprint density at radius 2 is 1.92 bits per heavy atom. The van der Waals surface area contributed by atoms with Gasteiger partial charge >= 0.3 is 6.18 Å². The first-order chi connectivity index (χ1) is 5.81. The van der Waals surface area contributed by atoms with E-state index in [1.807, 2.05) is 5.32 Å². The Morgan fingerprint density at radius 3 is 2.31 bits per heavy atom. The van der Waals surface area contributed by atoms with Crippen LogP contribution in [0.3, 0.4) is 0 Å². The second kappa shape index (κ2) is 5.01. The van der Waals surface area contributed by atoms with Crippen LogP contribution in [0.1, 0.15) is 13.8 Å². The van der Waals surface area contributed by atoms with Gasteiger partial charge in [0.2, 0.25) is 0 Å². The smallest absolute Gasteiger partial charge is 0.302 e. The number of hydrogen-bond donors (Lipinski definition) is 1. The molecule has 76 valence electrons. The van der Waals surface area contributed by atoms with Gasteiger partial charge < -0.3 is 5.32 Å². The highest BCUT2D eigenvalue weighted by molar-refractivity contribution is 5.91. The summed E-state index contributed by atoms with van der Waals surface area (Å²) in [4.78, 5) is 10.8. The van der Waals surface area contributed by atoms with Gasteiger partial charge in [0.05, 0.1) is 13.1 Å². The van der Waals surface area contributed by atoms with Gasteiger partial charge in [-0.1, -0.05) is 5.57 Å². The van der Waals surface area contributed by atoms with Crippen LogP contribution >= 0.6 is 0 Å². The Balaban J connectivity index is 3.67. The highest BCUT2D eigenvalue weighted by Gasteiger charge is 2.26. The molecule has 0 aliphatic carbocycles. The van der Waals surface area contributed by atoms with Crippen LogP contribution in [0.25, 0.3) is 0 Å². The van der Waals surface area contributed by atoms with Crippen LogP contribution < -0.4 is 5.32 Å². The zero-order valence-electron chi connectivity index (χ0n) is 7.53. The molecule has 1 N–H and O–H groups in total. The van der Waals surface area contributed by atoms with Crippen LogP contribution in [-0.4, -0.2) is 25.0 Å². The minimum absolute atomic E-state index is 0.273. The maximum Gasteiger partial charge on any atom is 0.401 e. The maximum atomic E-state index is 11.6. The second-order valence-corrected chi connectivity index (χ2v) is 2.91. The van der Waals surface area contributed by atoms with E-state index in [2.05, 4.69) is 0 Å². The van der Waals surface area contributed by atoms with Crippen LogP contribution in [0.15, 0.2) is 11.6 Å². The first-order valence-electron chi connectivity index (χ1n) is 3.76. The molecule has 0 rings (SSSR count). The molecule has 13 heavy (non-hydrogen) atoms. The van der Waals surface area contributed by atoms with Crippen molar-refractivity contribution < 1.29 is 18.0 Å². The largest absolute Gasteiger partial charge is 0.401 e. The van der Waals surface area contributed by atoms with E-state index in [-0.39, 0.29) is 12.3 Å². The fourth-order valence-electron chi connectivity index (χ4n) is 0.700. The van der Waals surface area contributed by atoms with E-state index >= 15 is 0 Å². The summed E-state index contributed by atoms with van der Waals surface area (Å²) in [5, 5.41) is 2.01. The number of halogens is 3. The van der Waals surface area contributed by atoms with E-state index in [1.165, 1.54) is 6.08 Å². The van der Waals surface area contributed by atoms with Crippen molar-refractivity contribution in [2.75, 3.05) is 13.1 Å². The quantitative estimate of drug-likeness (QED) is 0.691. The van der Waals surface area contributed by atoms with E-state index in [0.29, 0.717) is 0 Å². The SMILES string of the molecule is CC(C)=CC(=O)CNCC(F)(F)F. The number of ketones is 1. The average molecular weight is 195 g/mol. The van der Waals surface area contributed by atoms with Gasteiger partial charge in [-0.15, -0.1) is 0 Å². The van der Waals surface area contributed by atoms with Crippen molar-refractivity contribution in [3.63, 3.8) is 0 Å². The molecule has 0 spiro atoms. The standard InChI is InChI=1S/C8H12F3NO/c1-6(2)3-7(13)4-12-5-8(9,10)11/h3,12H,4-5H2,1-2H3. The van der Waals surface area contributed by atoms with Gasteiger partial charge in [0.15, 0.2) is 5.78 Å². The van der Waals surface area contributed by atoms with Crippen LogP contribution in [0.2, 0.25) is 0 Å². The van der Waals surface area contributed by atoms with E-state index in [4.69, 9.17) is 0 Å². The summed E-state index contributed by atoms with van der Waals surface area (Å²) in [6.07, 6.45) is -2.95. The lowest BCUT2D eigenvalue weighted by Gasteiger charge is -2.05. The molecule has 0 radical (unpaired) electrons. The number of rotatable bonds is 4. The normalized spacial score (nSPS) is 11.2. The maximum absolute atomic E-state index is 11.6. The lowest BCUT2D eigenvalue weighted by Crippen LogP contribution is -2.32. The molecule has 0 atom stereocenters. The van der Waals surface area contributed by atoms with Crippen molar-refractivity contribution in [2.24, 2.45) is 0 Å². The third-order valence-electron chi connectivity index (χ3n) is 1.07. The van der Waals surface area contributed by atoms with Gasteiger partial charge in [0.25, 0.3) is 0 Å². The zero-order valence-corrected chi connectivity index (χ0v) is 7.53. The van der Waals surface area contributed by atoms with E-state index in [0.717, 1.165) is 5.57 Å². The van der Waals surface area contributed by atoms with Gasteiger partial charge in [0, 0.05) is 0 Å². The molecule has 0 heterocycles. The summed E-state index contributed by atoms with van der Waals surface area (Å²) in [6.45, 7) is 2.02. The van der Waals surface area contributed by atoms with Gasteiger partial charge in [0.1, 0.15) is 0 Å². The molecule has 0 aromatic rings. The lowest BCUT2D eigenvalue weighted by molar-refractivity contribution is -0.126. The summed E-state index contributed by atoms with van der Waals surface area (Å²) < 4.78 is 34.7. The Labute approximate surface area is 74.8 Å². The monoisotopic (exact) mass is 195 g/mol. The molecule has 0 bridgehead atoms. The molecule has 0 unspecified atom stereocenters. The minimum Gasteiger partial charge on any atom is -0.302 e. The summed E-state index contributed by atoms with van der Waals surface area (Å²) in [5.41, 5.74) is 0.777. The number of allylic oxidation sites excluding steroid dienone is 1. The van der Waals surface area contributed by atoms with Crippen molar-refractivity contribution in [2.45, 2.75) is 20.0 Å². The second-order valence-electron chi connectivity index (χ2n) is 2.91. The molecule has 0 aromatic carbocycles. The van der Waals surface area contributed by atoms with Gasteiger partial charge in [-0.2, -0.15) is 13.2 Å². The Kier molecular flexibility index (Phi) is 4.69. The first-order valence-corrected chi connectivity index (χ1v) is 3.76. The Morgan fingerprint density at radius 1 is 1.38 bits per heavy atom. The van der Waals surface area contributed by atoms with E-state index < -0.39 is 12.7 Å². The predicted molar refractivity (Wildman–Crippen MR) is 43.4 cm³/mol. The number of hydrogen-bond acceptors (Lipinski definition) is 2. The molecule has 0 aromatic heterocycles. The number of carbonyl (C=O) groups excluding carboxylic acids is 1. The molecule has 0 aliphatic rings. The highest BCUT2D eigenvalue weighted by Crippen LogP contribution is 2.11. The topological polar surface area (TPSA) is 29.1 Å². The zero-order chi connectivity index (χ0) is 10.5. The average Bonchev–Trinajstić information content (AvgIpc) is 1.81. The molecule has 0 amide bonds. The number of alkyl halides is 3. The summed E-state index contributed by atoms with van der Waals surface area (Å²) in [7, 11) is 0. The Hall–Kier alpha value is -0.840. The number of carbonyl (C=O) groups is 1. The van der Waals surface area contributed by atoms with Crippen LogP contribution in [0, 0.1) is 0 Å². The lowest BCUT2D eigenvalue weighted by atomic mass is 10.2. The van der Waals surface area contributed by atoms with Gasteiger partial charge in [-0.05, 0) is 19.9 Å². The van der Waals surface area contributed by atoms with Crippen LogP contribution in [0.5, 0.6) is 0 Å². The third kappa shape index (κ3) is 9.07. The van der Waals surface area contributed by atoms with Crippen LogP contribution in [-0.2, 0) is 4.79 Å². The van der Waals surface area contributed by atoms with Crippen molar-refractivity contribution >= 4 is 5.78 Å². The fourth-order valence-corrected chi connectivity index (χ4v) is 0.700. The molecule has 0 aliphatic heterocycles. The minimum atomic E-state index is -4.26. The fraction of sp³-hybridized carbons (Fsp3) is 0.625. The molecule has 2 nitrogen and oxygen atoms in total. The Bertz CT molecular complexity index is 204. The molecule has 0 saturated heterocycles. The van der Waals surface area contributed by atoms with Crippen molar-refractivity contribution in [1.29, 1.82) is 0 Å². The van der Waals surface area contributed by atoms with E-state index in [9.17, 15) is 18.0 Å². The van der Waals surface area contributed by atoms with E-state index in [1.54, 1.807) is 13.8 Å². The van der Waals surface area contributed by atoms with Gasteiger partial charge in [-0.25, -0.2) is 0 Å². The van der Waals surface area contributed by atoms with Crippen molar-refractivity contribution in [1.82, 2.24) is 5.32 Å². The highest BCUT2D eigenvalue weighted by atomic mass is 19.4.